The minimum Gasteiger partial charge on any atom is -0.406 e. The normalized spacial score (nSPS) is 13.0. The molecule has 0 saturated carbocycles. The fraction of sp³-hybridized carbons (Fsp3) is 0.267. The second-order valence-electron chi connectivity index (χ2n) is 5.32. The van der Waals surface area contributed by atoms with Gasteiger partial charge in [-0.15, -0.1) is 13.2 Å². The van der Waals surface area contributed by atoms with Gasteiger partial charge in [0.1, 0.15) is 22.5 Å². The number of alkyl halides is 3. The standard InChI is InChI=1S/C15H13BrF3N5O/c1-8(9-3-5-10(6-4-9)25-15(17,18)19)22-13-11-12(16)23-24(2)14(11)21-7-20-13/h3-8H,1-2H3,(H,20,21,22)/t8-/m0/s1. The second kappa shape index (κ2) is 6.51. The Labute approximate surface area is 149 Å². The summed E-state index contributed by atoms with van der Waals surface area (Å²) in [7, 11) is 1.77. The molecule has 0 aliphatic carbocycles. The number of aryl methyl sites for hydroxylation is 1. The minimum atomic E-state index is -4.70. The summed E-state index contributed by atoms with van der Waals surface area (Å²) in [6, 6.07) is 5.47. The summed E-state index contributed by atoms with van der Waals surface area (Å²) in [6.45, 7) is 1.87. The van der Waals surface area contributed by atoms with E-state index in [0.717, 1.165) is 10.9 Å². The van der Waals surface area contributed by atoms with Gasteiger partial charge in [0.2, 0.25) is 0 Å². The van der Waals surface area contributed by atoms with E-state index in [1.54, 1.807) is 23.9 Å². The summed E-state index contributed by atoms with van der Waals surface area (Å²) in [5.74, 6) is 0.316. The third-order valence-electron chi connectivity index (χ3n) is 3.54. The molecular formula is C15H13BrF3N5O. The van der Waals surface area contributed by atoms with E-state index in [0.29, 0.717) is 16.1 Å². The third kappa shape index (κ3) is 3.84. The van der Waals surface area contributed by atoms with E-state index in [1.807, 2.05) is 6.92 Å². The first-order valence-corrected chi connectivity index (χ1v) is 7.99. The van der Waals surface area contributed by atoms with Gasteiger partial charge in [-0.1, -0.05) is 12.1 Å². The lowest BCUT2D eigenvalue weighted by atomic mass is 10.1. The van der Waals surface area contributed by atoms with Crippen LogP contribution >= 0.6 is 15.9 Å². The lowest BCUT2D eigenvalue weighted by molar-refractivity contribution is -0.274. The molecule has 0 spiro atoms. The molecule has 25 heavy (non-hydrogen) atoms. The van der Waals surface area contributed by atoms with Crippen LogP contribution in [0.1, 0.15) is 18.5 Å². The summed E-state index contributed by atoms with van der Waals surface area (Å²) in [4.78, 5) is 8.42. The highest BCUT2D eigenvalue weighted by Crippen LogP contribution is 2.30. The number of hydrogen-bond acceptors (Lipinski definition) is 5. The number of anilines is 1. The van der Waals surface area contributed by atoms with Gasteiger partial charge in [-0.25, -0.2) is 14.6 Å². The number of aromatic nitrogens is 4. The van der Waals surface area contributed by atoms with Crippen molar-refractivity contribution in [1.29, 1.82) is 0 Å². The molecule has 0 aliphatic rings. The highest BCUT2D eigenvalue weighted by molar-refractivity contribution is 9.10. The quantitative estimate of drug-likeness (QED) is 0.691. The van der Waals surface area contributed by atoms with Gasteiger partial charge in [0.25, 0.3) is 0 Å². The topological polar surface area (TPSA) is 64.9 Å². The van der Waals surface area contributed by atoms with E-state index in [4.69, 9.17) is 0 Å². The molecule has 0 fully saturated rings. The van der Waals surface area contributed by atoms with Crippen molar-refractivity contribution in [3.05, 3.63) is 40.8 Å². The molecule has 3 aromatic rings. The molecule has 0 saturated heterocycles. The summed E-state index contributed by atoms with van der Waals surface area (Å²) >= 11 is 3.38. The number of rotatable bonds is 4. The third-order valence-corrected chi connectivity index (χ3v) is 4.10. The molecule has 3 rings (SSSR count). The maximum atomic E-state index is 12.2. The number of benzene rings is 1. The summed E-state index contributed by atoms with van der Waals surface area (Å²) in [5, 5.41) is 8.20. The highest BCUT2D eigenvalue weighted by atomic mass is 79.9. The Morgan fingerprint density at radius 1 is 1.20 bits per heavy atom. The maximum absolute atomic E-state index is 12.2. The van der Waals surface area contributed by atoms with Crippen molar-refractivity contribution in [3.8, 4) is 5.75 Å². The molecule has 0 aliphatic heterocycles. The molecule has 1 aromatic carbocycles. The van der Waals surface area contributed by atoms with Crippen molar-refractivity contribution in [1.82, 2.24) is 19.7 Å². The molecule has 0 radical (unpaired) electrons. The van der Waals surface area contributed by atoms with Gasteiger partial charge in [0, 0.05) is 13.1 Å². The molecule has 1 N–H and O–H groups in total. The first-order valence-electron chi connectivity index (χ1n) is 7.20. The minimum absolute atomic E-state index is 0.204. The monoisotopic (exact) mass is 415 g/mol. The van der Waals surface area contributed by atoms with Crippen LogP contribution < -0.4 is 10.1 Å². The lowest BCUT2D eigenvalue weighted by Crippen LogP contribution is -2.17. The fourth-order valence-electron chi connectivity index (χ4n) is 2.40. The van der Waals surface area contributed by atoms with Gasteiger partial charge in [-0.3, -0.25) is 0 Å². The number of nitrogens with one attached hydrogen (secondary N) is 1. The number of nitrogens with zero attached hydrogens (tertiary/aromatic N) is 4. The van der Waals surface area contributed by atoms with Crippen molar-refractivity contribution in [3.63, 3.8) is 0 Å². The van der Waals surface area contributed by atoms with Crippen molar-refractivity contribution in [2.75, 3.05) is 5.32 Å². The average Bonchev–Trinajstić information content (AvgIpc) is 2.82. The van der Waals surface area contributed by atoms with E-state index in [2.05, 4.69) is 41.1 Å². The lowest BCUT2D eigenvalue weighted by Gasteiger charge is -2.16. The van der Waals surface area contributed by atoms with E-state index in [9.17, 15) is 13.2 Å². The Morgan fingerprint density at radius 2 is 1.88 bits per heavy atom. The van der Waals surface area contributed by atoms with E-state index in [-0.39, 0.29) is 11.8 Å². The van der Waals surface area contributed by atoms with Crippen molar-refractivity contribution in [2.45, 2.75) is 19.3 Å². The summed E-state index contributed by atoms with van der Waals surface area (Å²) in [6.07, 6.45) is -3.28. The first kappa shape index (κ1) is 17.5. The van der Waals surface area contributed by atoms with Gasteiger partial charge in [0.05, 0.1) is 5.39 Å². The van der Waals surface area contributed by atoms with Crippen molar-refractivity contribution in [2.24, 2.45) is 7.05 Å². The van der Waals surface area contributed by atoms with Crippen LogP contribution in [0.4, 0.5) is 19.0 Å². The molecule has 2 aromatic heterocycles. The van der Waals surface area contributed by atoms with E-state index in [1.165, 1.54) is 18.5 Å². The Morgan fingerprint density at radius 3 is 2.52 bits per heavy atom. The molecule has 0 amide bonds. The SMILES string of the molecule is C[C@H](Nc1ncnc2c1c(Br)nn2C)c1ccc(OC(F)(F)F)cc1. The molecular weight excluding hydrogens is 403 g/mol. The first-order chi connectivity index (χ1) is 11.7. The molecule has 0 unspecified atom stereocenters. The molecule has 132 valence electrons. The number of fused-ring (bicyclic) bond motifs is 1. The maximum Gasteiger partial charge on any atom is 0.573 e. The average molecular weight is 416 g/mol. The zero-order valence-corrected chi connectivity index (χ0v) is 14.8. The van der Waals surface area contributed by atoms with Crippen LogP contribution in [0.5, 0.6) is 5.75 Å². The van der Waals surface area contributed by atoms with E-state index >= 15 is 0 Å². The number of hydrogen-bond donors (Lipinski definition) is 1. The summed E-state index contributed by atoms with van der Waals surface area (Å²) in [5.41, 5.74) is 1.44. The van der Waals surface area contributed by atoms with Gasteiger partial charge in [0.15, 0.2) is 5.65 Å². The predicted octanol–water partition coefficient (Wildman–Crippen LogP) is 4.20. The van der Waals surface area contributed by atoms with Crippen LogP contribution in [0.2, 0.25) is 0 Å². The van der Waals surface area contributed by atoms with Gasteiger partial charge < -0.3 is 10.1 Å². The molecule has 6 nitrogen and oxygen atoms in total. The zero-order chi connectivity index (χ0) is 18.2. The van der Waals surface area contributed by atoms with Crippen molar-refractivity contribution < 1.29 is 17.9 Å². The second-order valence-corrected chi connectivity index (χ2v) is 6.07. The number of ether oxygens (including phenoxy) is 1. The molecule has 10 heteroatoms. The van der Waals surface area contributed by atoms with Crippen LogP contribution in [0.25, 0.3) is 11.0 Å². The molecule has 2 heterocycles. The Balaban J connectivity index is 1.82. The summed E-state index contributed by atoms with van der Waals surface area (Å²) < 4.78 is 42.7. The van der Waals surface area contributed by atoms with Crippen molar-refractivity contribution >= 4 is 32.8 Å². The van der Waals surface area contributed by atoms with Crippen LogP contribution in [-0.2, 0) is 7.05 Å². The van der Waals surface area contributed by atoms with Gasteiger partial charge in [-0.05, 0) is 40.5 Å². The van der Waals surface area contributed by atoms with Crippen LogP contribution in [0, 0.1) is 0 Å². The Bertz CT molecular complexity index is 895. The number of halogens is 4. The fourth-order valence-corrected chi connectivity index (χ4v) is 3.00. The van der Waals surface area contributed by atoms with Gasteiger partial charge in [-0.2, -0.15) is 5.10 Å². The Hall–Kier alpha value is -2.36. The molecule has 1 atom stereocenters. The van der Waals surface area contributed by atoms with E-state index < -0.39 is 6.36 Å². The zero-order valence-electron chi connectivity index (χ0n) is 13.2. The highest BCUT2D eigenvalue weighted by Gasteiger charge is 2.31. The van der Waals surface area contributed by atoms with Crippen LogP contribution in [0.15, 0.2) is 35.2 Å². The molecule has 0 bridgehead atoms. The Kier molecular flexibility index (Phi) is 4.55. The van der Waals surface area contributed by atoms with Crippen LogP contribution in [-0.4, -0.2) is 26.1 Å². The van der Waals surface area contributed by atoms with Gasteiger partial charge >= 0.3 is 6.36 Å². The van der Waals surface area contributed by atoms with Crippen LogP contribution in [0.3, 0.4) is 0 Å². The predicted molar refractivity (Wildman–Crippen MR) is 89.2 cm³/mol. The smallest absolute Gasteiger partial charge is 0.406 e. The largest absolute Gasteiger partial charge is 0.573 e.